The van der Waals surface area contributed by atoms with E-state index in [0.717, 1.165) is 11.1 Å². The average molecular weight is 338 g/mol. The SMILES string of the molecule is Cc1cccc(/C=C/C(=O)NNC(=O)C2COc3ccccc3O2)c1. The Hall–Kier alpha value is -3.28. The minimum absolute atomic E-state index is 0.0812. The van der Waals surface area contributed by atoms with Gasteiger partial charge in [-0.2, -0.15) is 0 Å². The van der Waals surface area contributed by atoms with Crippen LogP contribution in [0.5, 0.6) is 11.5 Å². The normalized spacial score (nSPS) is 15.6. The van der Waals surface area contributed by atoms with Crippen LogP contribution in [-0.4, -0.2) is 24.5 Å². The van der Waals surface area contributed by atoms with Gasteiger partial charge in [-0.25, -0.2) is 0 Å². The van der Waals surface area contributed by atoms with Gasteiger partial charge < -0.3 is 9.47 Å². The van der Waals surface area contributed by atoms with E-state index in [0.29, 0.717) is 11.5 Å². The second kappa shape index (κ2) is 7.53. The minimum atomic E-state index is -0.823. The molecule has 1 aliphatic heterocycles. The monoisotopic (exact) mass is 338 g/mol. The standard InChI is InChI=1S/C19H18N2O4/c1-13-5-4-6-14(11-13)9-10-18(22)20-21-19(23)17-12-24-15-7-2-3-8-16(15)25-17/h2-11,17H,12H2,1H3,(H,20,22)(H,21,23)/b10-9+. The molecule has 2 aromatic rings. The molecule has 0 bridgehead atoms. The van der Waals surface area contributed by atoms with Crippen molar-refractivity contribution in [2.45, 2.75) is 13.0 Å². The van der Waals surface area contributed by atoms with Gasteiger partial charge in [-0.3, -0.25) is 20.4 Å². The number of ether oxygens (including phenoxy) is 2. The van der Waals surface area contributed by atoms with Crippen molar-refractivity contribution in [3.05, 3.63) is 65.7 Å². The Morgan fingerprint density at radius 3 is 2.68 bits per heavy atom. The predicted molar refractivity (Wildman–Crippen MR) is 92.9 cm³/mol. The molecule has 128 valence electrons. The third-order valence-corrected chi connectivity index (χ3v) is 3.58. The molecule has 1 aliphatic rings. The first-order chi connectivity index (χ1) is 12.1. The van der Waals surface area contributed by atoms with Crippen LogP contribution in [0.3, 0.4) is 0 Å². The van der Waals surface area contributed by atoms with Gasteiger partial charge in [-0.05, 0) is 30.7 Å². The van der Waals surface area contributed by atoms with Crippen LogP contribution in [0.4, 0.5) is 0 Å². The van der Waals surface area contributed by atoms with Gasteiger partial charge in [0.2, 0.25) is 6.10 Å². The molecule has 2 N–H and O–H groups in total. The smallest absolute Gasteiger partial charge is 0.283 e. The molecule has 1 atom stereocenters. The first-order valence-corrected chi connectivity index (χ1v) is 7.85. The number of benzene rings is 2. The number of amides is 2. The zero-order valence-corrected chi connectivity index (χ0v) is 13.7. The molecule has 0 radical (unpaired) electrons. The summed E-state index contributed by atoms with van der Waals surface area (Å²) in [5, 5.41) is 0. The average Bonchev–Trinajstić information content (AvgIpc) is 2.64. The Morgan fingerprint density at radius 2 is 1.88 bits per heavy atom. The topological polar surface area (TPSA) is 76.7 Å². The van der Waals surface area contributed by atoms with E-state index in [2.05, 4.69) is 10.9 Å². The highest BCUT2D eigenvalue weighted by Crippen LogP contribution is 2.30. The van der Waals surface area contributed by atoms with Crippen LogP contribution in [0.25, 0.3) is 6.08 Å². The Balaban J connectivity index is 1.50. The van der Waals surface area contributed by atoms with Gasteiger partial charge in [0.25, 0.3) is 11.8 Å². The van der Waals surface area contributed by atoms with Gasteiger partial charge in [0, 0.05) is 6.08 Å². The predicted octanol–water partition coefficient (Wildman–Crippen LogP) is 2.00. The van der Waals surface area contributed by atoms with Gasteiger partial charge in [0.15, 0.2) is 11.5 Å². The van der Waals surface area contributed by atoms with E-state index in [1.807, 2.05) is 37.3 Å². The van der Waals surface area contributed by atoms with Crippen molar-refractivity contribution < 1.29 is 19.1 Å². The highest BCUT2D eigenvalue weighted by Gasteiger charge is 2.27. The molecule has 0 aromatic heterocycles. The molecule has 0 aliphatic carbocycles. The Labute approximate surface area is 145 Å². The Morgan fingerprint density at radius 1 is 1.08 bits per heavy atom. The number of hydrogen-bond acceptors (Lipinski definition) is 4. The zero-order chi connectivity index (χ0) is 17.6. The second-order valence-electron chi connectivity index (χ2n) is 5.59. The highest BCUT2D eigenvalue weighted by atomic mass is 16.6. The minimum Gasteiger partial charge on any atom is -0.485 e. The van der Waals surface area contributed by atoms with Crippen LogP contribution in [-0.2, 0) is 9.59 Å². The molecule has 0 saturated heterocycles. The molecule has 3 rings (SSSR count). The van der Waals surface area contributed by atoms with Crippen molar-refractivity contribution >= 4 is 17.9 Å². The fourth-order valence-corrected chi connectivity index (χ4v) is 2.34. The molecule has 1 unspecified atom stereocenters. The number of nitrogens with one attached hydrogen (secondary N) is 2. The maximum Gasteiger partial charge on any atom is 0.283 e. The summed E-state index contributed by atoms with van der Waals surface area (Å²) in [4.78, 5) is 23.9. The third-order valence-electron chi connectivity index (χ3n) is 3.58. The number of carbonyl (C=O) groups is 2. The number of para-hydroxylation sites is 2. The van der Waals surface area contributed by atoms with E-state index < -0.39 is 17.9 Å². The summed E-state index contributed by atoms with van der Waals surface area (Å²) in [7, 11) is 0. The number of aryl methyl sites for hydroxylation is 1. The van der Waals surface area contributed by atoms with Crippen LogP contribution in [0, 0.1) is 6.92 Å². The molecular weight excluding hydrogens is 320 g/mol. The maximum atomic E-state index is 12.1. The summed E-state index contributed by atoms with van der Waals surface area (Å²) in [5.74, 6) is 0.176. The lowest BCUT2D eigenvalue weighted by Crippen LogP contribution is -2.50. The highest BCUT2D eigenvalue weighted by molar-refractivity contribution is 5.93. The molecule has 2 aromatic carbocycles. The second-order valence-corrected chi connectivity index (χ2v) is 5.59. The van der Waals surface area contributed by atoms with E-state index in [-0.39, 0.29) is 6.61 Å². The molecule has 6 heteroatoms. The van der Waals surface area contributed by atoms with Gasteiger partial charge in [-0.15, -0.1) is 0 Å². The van der Waals surface area contributed by atoms with Gasteiger partial charge in [-0.1, -0.05) is 42.0 Å². The third kappa shape index (κ3) is 4.38. The lowest BCUT2D eigenvalue weighted by Gasteiger charge is -2.25. The van der Waals surface area contributed by atoms with Crippen LogP contribution < -0.4 is 20.3 Å². The van der Waals surface area contributed by atoms with Crippen LogP contribution in [0.15, 0.2) is 54.6 Å². The lowest BCUT2D eigenvalue weighted by molar-refractivity contribution is -0.134. The van der Waals surface area contributed by atoms with Crippen molar-refractivity contribution in [2.24, 2.45) is 0 Å². The van der Waals surface area contributed by atoms with Gasteiger partial charge >= 0.3 is 0 Å². The number of hydrazine groups is 1. The van der Waals surface area contributed by atoms with E-state index in [1.165, 1.54) is 6.08 Å². The molecule has 1 heterocycles. The maximum absolute atomic E-state index is 12.1. The summed E-state index contributed by atoms with van der Waals surface area (Å²) in [6.07, 6.45) is 2.20. The molecule has 2 amide bonds. The van der Waals surface area contributed by atoms with Gasteiger partial charge in [0.05, 0.1) is 0 Å². The number of carbonyl (C=O) groups excluding carboxylic acids is 2. The lowest BCUT2D eigenvalue weighted by atomic mass is 10.1. The molecule has 25 heavy (non-hydrogen) atoms. The van der Waals surface area contributed by atoms with E-state index in [4.69, 9.17) is 9.47 Å². The summed E-state index contributed by atoms with van der Waals surface area (Å²) in [6.45, 7) is 2.06. The van der Waals surface area contributed by atoms with E-state index in [1.54, 1.807) is 24.3 Å². The van der Waals surface area contributed by atoms with Crippen LogP contribution in [0.1, 0.15) is 11.1 Å². The van der Waals surface area contributed by atoms with Crippen molar-refractivity contribution in [3.8, 4) is 11.5 Å². The summed E-state index contributed by atoms with van der Waals surface area (Å²) < 4.78 is 11.0. The van der Waals surface area contributed by atoms with Crippen molar-refractivity contribution in [1.82, 2.24) is 10.9 Å². The fraction of sp³-hybridized carbons (Fsp3) is 0.158. The van der Waals surface area contributed by atoms with Gasteiger partial charge in [0.1, 0.15) is 6.61 Å². The van der Waals surface area contributed by atoms with Crippen molar-refractivity contribution in [3.63, 3.8) is 0 Å². The molecule has 0 saturated carbocycles. The molecule has 0 fully saturated rings. The zero-order valence-electron chi connectivity index (χ0n) is 13.7. The summed E-state index contributed by atoms with van der Waals surface area (Å²) in [6, 6.07) is 14.8. The quantitative estimate of drug-likeness (QED) is 0.663. The first-order valence-electron chi connectivity index (χ1n) is 7.85. The number of hydrogen-bond donors (Lipinski definition) is 2. The van der Waals surface area contributed by atoms with Crippen molar-refractivity contribution in [1.29, 1.82) is 0 Å². The molecular formula is C19H18N2O4. The number of rotatable bonds is 3. The number of fused-ring (bicyclic) bond motifs is 1. The summed E-state index contributed by atoms with van der Waals surface area (Å²) in [5.41, 5.74) is 6.67. The summed E-state index contributed by atoms with van der Waals surface area (Å²) >= 11 is 0. The van der Waals surface area contributed by atoms with E-state index >= 15 is 0 Å². The van der Waals surface area contributed by atoms with Crippen LogP contribution in [0.2, 0.25) is 0 Å². The van der Waals surface area contributed by atoms with Crippen LogP contribution >= 0.6 is 0 Å². The van der Waals surface area contributed by atoms with Crippen molar-refractivity contribution in [2.75, 3.05) is 6.61 Å². The first kappa shape index (κ1) is 16.6. The van der Waals surface area contributed by atoms with E-state index in [9.17, 15) is 9.59 Å². The molecule has 6 nitrogen and oxygen atoms in total. The Kier molecular flexibility index (Phi) is 4.99. The Bertz CT molecular complexity index is 817. The molecule has 0 spiro atoms. The fourth-order valence-electron chi connectivity index (χ4n) is 2.34. The largest absolute Gasteiger partial charge is 0.485 e.